The molecule has 0 bridgehead atoms. The number of hydrogen-bond acceptors (Lipinski definition) is 3. The highest BCUT2D eigenvalue weighted by atomic mass is 35.5. The number of hydrogen-bond donors (Lipinski definition) is 0. The van der Waals surface area contributed by atoms with Crippen molar-refractivity contribution in [3.05, 3.63) is 24.0 Å². The molecule has 1 unspecified atom stereocenters. The van der Waals surface area contributed by atoms with Crippen molar-refractivity contribution in [2.45, 2.75) is 11.8 Å². The van der Waals surface area contributed by atoms with Gasteiger partial charge in [-0.05, 0) is 12.1 Å². The fraction of sp³-hybridized carbons (Fsp3) is 0.300. The molecule has 5 heteroatoms. The van der Waals surface area contributed by atoms with Gasteiger partial charge >= 0.3 is 0 Å². The number of aromatic nitrogens is 1. The topological polar surface area (TPSA) is 57.0 Å². The lowest BCUT2D eigenvalue weighted by molar-refractivity contribution is -0.117. The van der Waals surface area contributed by atoms with Crippen LogP contribution in [0.25, 0.3) is 0 Å². The third kappa shape index (κ3) is 1.79. The minimum Gasteiger partial charge on any atom is -0.308 e. The summed E-state index contributed by atoms with van der Waals surface area (Å²) < 4.78 is 0. The highest BCUT2D eigenvalue weighted by molar-refractivity contribution is 6.24. The molecule has 0 saturated carbocycles. The standard InChI is InChI=1S/C10H8ClN3O/c11-7-4-10(15)14(6-7)9-2-1-3-13-8(9)5-12/h1-3,7H,4,6H2. The van der Waals surface area contributed by atoms with Crippen molar-refractivity contribution in [3.8, 4) is 6.07 Å². The molecule has 1 aromatic heterocycles. The van der Waals surface area contributed by atoms with Crippen LogP contribution >= 0.6 is 11.6 Å². The van der Waals surface area contributed by atoms with Gasteiger partial charge in [0.25, 0.3) is 0 Å². The summed E-state index contributed by atoms with van der Waals surface area (Å²) in [5, 5.41) is 8.67. The first-order valence-electron chi connectivity index (χ1n) is 4.52. The highest BCUT2D eigenvalue weighted by Crippen LogP contribution is 2.25. The second-order valence-corrected chi connectivity index (χ2v) is 3.91. The zero-order valence-electron chi connectivity index (χ0n) is 7.85. The van der Waals surface area contributed by atoms with Crippen LogP contribution in [0.1, 0.15) is 12.1 Å². The van der Waals surface area contributed by atoms with E-state index in [1.807, 2.05) is 6.07 Å². The first-order valence-corrected chi connectivity index (χ1v) is 4.95. The van der Waals surface area contributed by atoms with Gasteiger partial charge in [0.15, 0.2) is 5.69 Å². The molecule has 0 N–H and O–H groups in total. The van der Waals surface area contributed by atoms with Crippen LogP contribution in [0.4, 0.5) is 5.69 Å². The molecule has 1 aromatic rings. The predicted molar refractivity (Wildman–Crippen MR) is 55.6 cm³/mol. The summed E-state index contributed by atoms with van der Waals surface area (Å²) >= 11 is 5.88. The number of rotatable bonds is 1. The quantitative estimate of drug-likeness (QED) is 0.672. The molecule has 1 aliphatic heterocycles. The molecule has 4 nitrogen and oxygen atoms in total. The number of nitriles is 1. The third-order valence-corrected chi connectivity index (χ3v) is 2.55. The normalized spacial score (nSPS) is 20.4. The summed E-state index contributed by atoms with van der Waals surface area (Å²) in [7, 11) is 0. The predicted octanol–water partition coefficient (Wildman–Crippen LogP) is 1.30. The van der Waals surface area contributed by atoms with Gasteiger partial charge in [0, 0.05) is 19.2 Å². The number of nitrogens with zero attached hydrogens (tertiary/aromatic N) is 3. The molecular formula is C10H8ClN3O. The van der Waals surface area contributed by atoms with Crippen molar-refractivity contribution in [2.24, 2.45) is 0 Å². The van der Waals surface area contributed by atoms with E-state index in [-0.39, 0.29) is 17.0 Å². The lowest BCUT2D eigenvalue weighted by atomic mass is 10.3. The number of carbonyl (C=O) groups is 1. The number of halogens is 1. The second kappa shape index (κ2) is 3.87. The Bertz CT molecular complexity index is 441. The van der Waals surface area contributed by atoms with Crippen LogP contribution in [-0.2, 0) is 4.79 Å². The van der Waals surface area contributed by atoms with Crippen LogP contribution in [0.3, 0.4) is 0 Å². The van der Waals surface area contributed by atoms with E-state index in [1.165, 1.54) is 11.1 Å². The molecule has 1 fully saturated rings. The molecule has 0 aliphatic carbocycles. The third-order valence-electron chi connectivity index (χ3n) is 2.26. The maximum Gasteiger partial charge on any atom is 0.228 e. The smallest absolute Gasteiger partial charge is 0.228 e. The van der Waals surface area contributed by atoms with E-state index in [0.29, 0.717) is 18.7 Å². The Morgan fingerprint density at radius 2 is 2.47 bits per heavy atom. The summed E-state index contributed by atoms with van der Waals surface area (Å²) in [6, 6.07) is 5.37. The zero-order valence-corrected chi connectivity index (χ0v) is 8.61. The van der Waals surface area contributed by atoms with Crippen LogP contribution in [0, 0.1) is 11.3 Å². The van der Waals surface area contributed by atoms with E-state index in [1.54, 1.807) is 12.1 Å². The van der Waals surface area contributed by atoms with Crippen molar-refractivity contribution in [1.29, 1.82) is 5.26 Å². The molecule has 1 aliphatic rings. The number of amides is 1. The molecule has 15 heavy (non-hydrogen) atoms. The van der Waals surface area contributed by atoms with E-state index < -0.39 is 0 Å². The Kier molecular flexibility index (Phi) is 2.57. The fourth-order valence-electron chi connectivity index (χ4n) is 1.60. The number of carbonyl (C=O) groups excluding carboxylic acids is 1. The Morgan fingerprint density at radius 1 is 1.67 bits per heavy atom. The minimum atomic E-state index is -0.177. The largest absolute Gasteiger partial charge is 0.308 e. The van der Waals surface area contributed by atoms with Crippen molar-refractivity contribution >= 4 is 23.2 Å². The number of pyridine rings is 1. The fourth-order valence-corrected chi connectivity index (χ4v) is 1.87. The SMILES string of the molecule is N#Cc1ncccc1N1CC(Cl)CC1=O. The summed E-state index contributed by atoms with van der Waals surface area (Å²) in [6.07, 6.45) is 1.85. The molecule has 0 spiro atoms. The average Bonchev–Trinajstić information content (AvgIpc) is 2.57. The van der Waals surface area contributed by atoms with E-state index in [2.05, 4.69) is 4.98 Å². The minimum absolute atomic E-state index is 0.0560. The van der Waals surface area contributed by atoms with Gasteiger partial charge < -0.3 is 4.90 Å². The van der Waals surface area contributed by atoms with Gasteiger partial charge in [-0.2, -0.15) is 5.26 Å². The molecule has 0 radical (unpaired) electrons. The Balaban J connectivity index is 2.38. The molecule has 0 aromatic carbocycles. The first kappa shape index (κ1) is 9.94. The van der Waals surface area contributed by atoms with Crippen molar-refractivity contribution < 1.29 is 4.79 Å². The van der Waals surface area contributed by atoms with Crippen molar-refractivity contribution in [1.82, 2.24) is 4.98 Å². The Hall–Kier alpha value is -1.60. The van der Waals surface area contributed by atoms with Gasteiger partial charge in [0.2, 0.25) is 5.91 Å². The van der Waals surface area contributed by atoms with Crippen LogP contribution < -0.4 is 4.90 Å². The molecule has 76 valence electrons. The number of anilines is 1. The molecule has 2 heterocycles. The van der Waals surface area contributed by atoms with E-state index >= 15 is 0 Å². The summed E-state index contributed by atoms with van der Waals surface area (Å²) in [6.45, 7) is 0.445. The Morgan fingerprint density at radius 3 is 3.07 bits per heavy atom. The van der Waals surface area contributed by atoms with Crippen molar-refractivity contribution in [2.75, 3.05) is 11.4 Å². The van der Waals surface area contributed by atoms with Crippen LogP contribution in [0.2, 0.25) is 0 Å². The lowest BCUT2D eigenvalue weighted by Gasteiger charge is -2.16. The highest BCUT2D eigenvalue weighted by Gasteiger charge is 2.30. The van der Waals surface area contributed by atoms with Gasteiger partial charge in [-0.25, -0.2) is 4.98 Å². The van der Waals surface area contributed by atoms with Gasteiger partial charge in [0.1, 0.15) is 6.07 Å². The molecule has 1 amide bonds. The Labute approximate surface area is 92.1 Å². The van der Waals surface area contributed by atoms with Crippen molar-refractivity contribution in [3.63, 3.8) is 0 Å². The van der Waals surface area contributed by atoms with Gasteiger partial charge in [-0.1, -0.05) is 0 Å². The maximum atomic E-state index is 11.6. The van der Waals surface area contributed by atoms with E-state index in [4.69, 9.17) is 16.9 Å². The van der Waals surface area contributed by atoms with Gasteiger partial charge in [0.05, 0.1) is 11.1 Å². The number of alkyl halides is 1. The van der Waals surface area contributed by atoms with Crippen LogP contribution in [0.5, 0.6) is 0 Å². The lowest BCUT2D eigenvalue weighted by Crippen LogP contribution is -2.25. The maximum absolute atomic E-state index is 11.6. The van der Waals surface area contributed by atoms with Gasteiger partial charge in [-0.3, -0.25) is 4.79 Å². The molecule has 2 rings (SSSR count). The van der Waals surface area contributed by atoms with Crippen LogP contribution in [0.15, 0.2) is 18.3 Å². The monoisotopic (exact) mass is 221 g/mol. The average molecular weight is 222 g/mol. The molecular weight excluding hydrogens is 214 g/mol. The second-order valence-electron chi connectivity index (χ2n) is 3.29. The summed E-state index contributed by atoms with van der Waals surface area (Å²) in [5.74, 6) is -0.0560. The van der Waals surface area contributed by atoms with E-state index in [0.717, 1.165) is 0 Å². The zero-order chi connectivity index (χ0) is 10.8. The first-order chi connectivity index (χ1) is 7.22. The summed E-state index contributed by atoms with van der Waals surface area (Å²) in [4.78, 5) is 17.0. The molecule has 1 saturated heterocycles. The summed E-state index contributed by atoms with van der Waals surface area (Å²) in [5.41, 5.74) is 0.810. The van der Waals surface area contributed by atoms with Crippen LogP contribution in [-0.4, -0.2) is 22.8 Å². The van der Waals surface area contributed by atoms with Gasteiger partial charge in [-0.15, -0.1) is 11.6 Å². The van der Waals surface area contributed by atoms with E-state index in [9.17, 15) is 4.79 Å². The molecule has 1 atom stereocenters.